The minimum Gasteiger partial charge on any atom is -0.486 e. The quantitative estimate of drug-likeness (QED) is 0.851. The molecule has 0 fully saturated rings. The van der Waals surface area contributed by atoms with Crippen LogP contribution in [0.3, 0.4) is 0 Å². The number of rotatable bonds is 3. The zero-order valence-corrected chi connectivity index (χ0v) is 11.1. The van der Waals surface area contributed by atoms with Crippen molar-refractivity contribution in [3.63, 3.8) is 0 Å². The van der Waals surface area contributed by atoms with E-state index in [9.17, 15) is 8.78 Å². The molecule has 2 aromatic rings. The maximum atomic E-state index is 13.4. The third kappa shape index (κ3) is 3.08. The van der Waals surface area contributed by atoms with Crippen LogP contribution in [0.2, 0.25) is 10.0 Å². The van der Waals surface area contributed by atoms with E-state index in [2.05, 4.69) is 0 Å². The van der Waals surface area contributed by atoms with Gasteiger partial charge in [-0.05, 0) is 24.3 Å². The summed E-state index contributed by atoms with van der Waals surface area (Å²) in [6.07, 6.45) is 0. The molecule has 0 bridgehead atoms. The first-order valence-corrected chi connectivity index (χ1v) is 6.05. The maximum absolute atomic E-state index is 13.4. The summed E-state index contributed by atoms with van der Waals surface area (Å²) in [5.74, 6) is -1.24. The fraction of sp³-hybridized carbons (Fsp3) is 0.0769. The lowest BCUT2D eigenvalue weighted by molar-refractivity contribution is 0.293. The van der Waals surface area contributed by atoms with Gasteiger partial charge in [-0.2, -0.15) is 0 Å². The van der Waals surface area contributed by atoms with Gasteiger partial charge >= 0.3 is 0 Å². The Morgan fingerprint density at radius 2 is 1.58 bits per heavy atom. The number of benzene rings is 2. The first-order chi connectivity index (χ1) is 8.99. The zero-order valence-electron chi connectivity index (χ0n) is 9.59. The van der Waals surface area contributed by atoms with Crippen LogP contribution in [-0.4, -0.2) is 0 Å². The van der Waals surface area contributed by atoms with Crippen molar-refractivity contribution in [1.29, 1.82) is 0 Å². The highest BCUT2D eigenvalue weighted by atomic mass is 35.5. The van der Waals surface area contributed by atoms with E-state index in [1.165, 1.54) is 18.2 Å². The molecule has 0 aromatic heterocycles. The average molecular weight is 304 g/mol. The minimum absolute atomic E-state index is 0.139. The molecule has 6 heteroatoms. The summed E-state index contributed by atoms with van der Waals surface area (Å²) in [5.41, 5.74) is 5.73. The molecule has 2 aromatic carbocycles. The van der Waals surface area contributed by atoms with E-state index >= 15 is 0 Å². The summed E-state index contributed by atoms with van der Waals surface area (Å²) in [4.78, 5) is 0. The molecule has 100 valence electrons. The molecule has 0 atom stereocenters. The molecule has 2 N–H and O–H groups in total. The van der Waals surface area contributed by atoms with E-state index in [0.29, 0.717) is 5.69 Å². The Morgan fingerprint density at radius 1 is 1.05 bits per heavy atom. The van der Waals surface area contributed by atoms with Gasteiger partial charge in [-0.25, -0.2) is 8.78 Å². The summed E-state index contributed by atoms with van der Waals surface area (Å²) in [6, 6.07) is 6.46. The topological polar surface area (TPSA) is 35.2 Å². The summed E-state index contributed by atoms with van der Waals surface area (Å²) < 4.78 is 32.1. The van der Waals surface area contributed by atoms with Crippen molar-refractivity contribution >= 4 is 28.9 Å². The predicted octanol–water partition coefficient (Wildman–Crippen LogP) is 4.43. The van der Waals surface area contributed by atoms with E-state index in [0.717, 1.165) is 12.1 Å². The van der Waals surface area contributed by atoms with Crippen LogP contribution in [0.4, 0.5) is 14.5 Å². The fourth-order valence-electron chi connectivity index (χ4n) is 1.53. The lowest BCUT2D eigenvalue weighted by Gasteiger charge is -2.11. The van der Waals surface area contributed by atoms with Crippen LogP contribution in [-0.2, 0) is 6.61 Å². The van der Waals surface area contributed by atoms with Gasteiger partial charge in [0.05, 0.1) is 15.6 Å². The van der Waals surface area contributed by atoms with Crippen molar-refractivity contribution in [1.82, 2.24) is 0 Å². The number of nitrogen functional groups attached to an aromatic ring is 1. The average Bonchev–Trinajstić information content (AvgIpc) is 2.31. The Hall–Kier alpha value is -1.52. The van der Waals surface area contributed by atoms with Crippen LogP contribution in [0, 0.1) is 11.6 Å². The molecule has 0 aliphatic carbocycles. The number of hydrogen-bond donors (Lipinski definition) is 1. The minimum atomic E-state index is -0.692. The molecule has 0 aliphatic heterocycles. The standard InChI is InChI=1S/C13H9Cl2F2NO/c14-9-4-7(18)5-10(15)13(9)19-6-8-11(16)2-1-3-12(8)17/h1-5H,6,18H2. The lowest BCUT2D eigenvalue weighted by Crippen LogP contribution is -2.02. The van der Waals surface area contributed by atoms with E-state index in [1.807, 2.05) is 0 Å². The van der Waals surface area contributed by atoms with Gasteiger partial charge < -0.3 is 10.5 Å². The Balaban J connectivity index is 2.24. The molecule has 2 nitrogen and oxygen atoms in total. The molecule has 2 rings (SSSR count). The summed E-state index contributed by atoms with van der Waals surface area (Å²) in [6.45, 7) is -0.318. The van der Waals surface area contributed by atoms with Gasteiger partial charge in [0, 0.05) is 5.69 Å². The lowest BCUT2D eigenvalue weighted by atomic mass is 10.2. The normalized spacial score (nSPS) is 10.5. The zero-order chi connectivity index (χ0) is 14.0. The number of ether oxygens (including phenoxy) is 1. The Morgan fingerprint density at radius 3 is 2.11 bits per heavy atom. The van der Waals surface area contributed by atoms with Crippen molar-refractivity contribution in [3.05, 3.63) is 57.6 Å². The summed E-state index contributed by atoms with van der Waals surface area (Å²) >= 11 is 11.8. The molecule has 0 radical (unpaired) electrons. The van der Waals surface area contributed by atoms with Crippen LogP contribution in [0.15, 0.2) is 30.3 Å². The molecule has 0 saturated heterocycles. The third-order valence-electron chi connectivity index (χ3n) is 2.44. The molecule has 0 unspecified atom stereocenters. The number of nitrogens with two attached hydrogens (primary N) is 1. The first kappa shape index (κ1) is 13.9. The third-order valence-corrected chi connectivity index (χ3v) is 3.00. The number of anilines is 1. The van der Waals surface area contributed by atoms with Crippen molar-refractivity contribution in [3.8, 4) is 5.75 Å². The van der Waals surface area contributed by atoms with Gasteiger partial charge in [-0.1, -0.05) is 29.3 Å². The second-order valence-electron chi connectivity index (χ2n) is 3.80. The Kier molecular flexibility index (Phi) is 4.12. The molecule has 0 saturated carbocycles. The second-order valence-corrected chi connectivity index (χ2v) is 4.62. The van der Waals surface area contributed by atoms with Crippen LogP contribution in [0.25, 0.3) is 0 Å². The van der Waals surface area contributed by atoms with Gasteiger partial charge in [0.25, 0.3) is 0 Å². The van der Waals surface area contributed by atoms with Gasteiger partial charge in [0.2, 0.25) is 0 Å². The first-order valence-electron chi connectivity index (χ1n) is 5.29. The van der Waals surface area contributed by atoms with Crippen molar-refractivity contribution in [2.24, 2.45) is 0 Å². The molecule has 0 amide bonds. The predicted molar refractivity (Wildman–Crippen MR) is 71.6 cm³/mol. The summed E-state index contributed by atoms with van der Waals surface area (Å²) in [5, 5.41) is 0.364. The Bertz CT molecular complexity index is 576. The molecular formula is C13H9Cl2F2NO. The highest BCUT2D eigenvalue weighted by Gasteiger charge is 2.13. The largest absolute Gasteiger partial charge is 0.486 e. The SMILES string of the molecule is Nc1cc(Cl)c(OCc2c(F)cccc2F)c(Cl)c1. The highest BCUT2D eigenvalue weighted by molar-refractivity contribution is 6.37. The molecule has 0 aliphatic rings. The Labute approximate surface area is 118 Å². The summed E-state index contributed by atoms with van der Waals surface area (Å²) in [7, 11) is 0. The van der Waals surface area contributed by atoms with E-state index in [-0.39, 0.29) is 28.0 Å². The van der Waals surface area contributed by atoms with Crippen LogP contribution in [0.1, 0.15) is 5.56 Å². The van der Waals surface area contributed by atoms with Crippen molar-refractivity contribution in [2.45, 2.75) is 6.61 Å². The molecular weight excluding hydrogens is 295 g/mol. The van der Waals surface area contributed by atoms with Gasteiger partial charge in [-0.15, -0.1) is 0 Å². The van der Waals surface area contributed by atoms with Gasteiger partial charge in [0.15, 0.2) is 5.75 Å². The fourth-order valence-corrected chi connectivity index (χ4v) is 2.14. The van der Waals surface area contributed by atoms with Crippen molar-refractivity contribution < 1.29 is 13.5 Å². The van der Waals surface area contributed by atoms with Crippen LogP contribution in [0.5, 0.6) is 5.75 Å². The smallest absolute Gasteiger partial charge is 0.157 e. The van der Waals surface area contributed by atoms with Gasteiger partial charge in [0.1, 0.15) is 18.2 Å². The van der Waals surface area contributed by atoms with E-state index < -0.39 is 11.6 Å². The van der Waals surface area contributed by atoms with E-state index in [4.69, 9.17) is 33.7 Å². The number of halogens is 4. The van der Waals surface area contributed by atoms with Gasteiger partial charge in [-0.3, -0.25) is 0 Å². The monoisotopic (exact) mass is 303 g/mol. The highest BCUT2D eigenvalue weighted by Crippen LogP contribution is 2.35. The van der Waals surface area contributed by atoms with Crippen molar-refractivity contribution in [2.75, 3.05) is 5.73 Å². The molecule has 0 heterocycles. The second kappa shape index (κ2) is 5.63. The van der Waals surface area contributed by atoms with E-state index in [1.54, 1.807) is 0 Å². The van der Waals surface area contributed by atoms with Crippen LogP contribution < -0.4 is 10.5 Å². The maximum Gasteiger partial charge on any atom is 0.157 e. The van der Waals surface area contributed by atoms with Crippen LogP contribution >= 0.6 is 23.2 Å². The molecule has 0 spiro atoms. The molecule has 19 heavy (non-hydrogen) atoms. The number of hydrogen-bond acceptors (Lipinski definition) is 2.